The Bertz CT molecular complexity index is 235. The molecule has 0 aliphatic carbocycles. The van der Waals surface area contributed by atoms with Gasteiger partial charge in [0.15, 0.2) is 0 Å². The van der Waals surface area contributed by atoms with Gasteiger partial charge >= 0.3 is 58.5 Å². The summed E-state index contributed by atoms with van der Waals surface area (Å²) in [6.07, 6.45) is 0. The maximum Gasteiger partial charge on any atom is 2.00 e. The first-order valence-electron chi connectivity index (χ1n) is 1.69. The van der Waals surface area contributed by atoms with Gasteiger partial charge in [0.25, 0.3) is 0 Å². The number of hydrogen-bond donors (Lipinski definition) is 4. The Labute approximate surface area is 107 Å². The topological polar surface area (TPSA) is 166 Å². The van der Waals surface area contributed by atoms with Crippen molar-refractivity contribution in [1.82, 2.24) is 0 Å². The Morgan fingerprint density at radius 2 is 0.769 bits per heavy atom. The van der Waals surface area contributed by atoms with Gasteiger partial charge in [-0.2, -0.15) is 16.8 Å². The van der Waals surface area contributed by atoms with Crippen LogP contribution in [-0.2, 0) is 25.6 Å². The van der Waals surface area contributed by atoms with E-state index in [0.717, 1.165) is 0 Å². The van der Waals surface area contributed by atoms with E-state index in [0.29, 0.717) is 0 Å². The molecule has 0 unspecified atom stereocenters. The van der Waals surface area contributed by atoms with Crippen LogP contribution >= 0.6 is 0 Å². The summed E-state index contributed by atoms with van der Waals surface area (Å²) in [5.41, 5.74) is 0. The van der Waals surface area contributed by atoms with Crippen LogP contribution in [0.1, 0.15) is 2.85 Å². The summed E-state index contributed by atoms with van der Waals surface area (Å²) in [7, 11) is -9.33. The van der Waals surface area contributed by atoms with Gasteiger partial charge in [0, 0.05) is 0 Å². The predicted molar refractivity (Wildman–Crippen MR) is 43.5 cm³/mol. The molecule has 0 aliphatic rings. The van der Waals surface area contributed by atoms with Crippen LogP contribution in [-0.4, -0.2) is 79.6 Å². The number of carbonyl (C=O) groups excluding carboxylic acids is 1. The van der Waals surface area contributed by atoms with Crippen molar-refractivity contribution in [2.24, 2.45) is 0 Å². The molecule has 0 spiro atoms. The molecule has 0 atom stereocenters. The monoisotopic (exact) mass is 268 g/mol. The van der Waals surface area contributed by atoms with Crippen molar-refractivity contribution < 1.29 is 42.7 Å². The summed E-state index contributed by atoms with van der Waals surface area (Å²) in [5.74, 6) is 0. The molecule has 0 aromatic heterocycles. The number of rotatable bonds is 0. The van der Waals surface area contributed by atoms with Crippen molar-refractivity contribution in [3.63, 3.8) is 0 Å². The number of carbonyl (C=O) groups is 1. The standard InChI is InChI=1S/CH2O.Ca.2H2O4S.2H/c1-2;;2*1-5(2,3)4;;/h1H2;;2*(H2,1,2,3,4);;/q;+2;;;2*-1. The van der Waals surface area contributed by atoms with Gasteiger partial charge in [-0.25, -0.2) is 0 Å². The SMILES string of the molecule is C=O.O=S(=O)(O)O.O=S(=O)(O)O.[Ca+2].[H-].[H-]. The van der Waals surface area contributed by atoms with E-state index in [1.165, 1.54) is 0 Å². The third-order valence-corrected chi connectivity index (χ3v) is 0. The van der Waals surface area contributed by atoms with Crippen LogP contribution in [0.5, 0.6) is 0 Å². The first-order chi connectivity index (χ1) is 5.00. The molecule has 0 heterocycles. The molecule has 0 radical (unpaired) electrons. The fourth-order valence-corrected chi connectivity index (χ4v) is 0. The molecular formula is CH8CaO9S2. The molecule has 0 amide bonds. The fourth-order valence-electron chi connectivity index (χ4n) is 0. The molecule has 0 saturated heterocycles. The molecule has 0 aliphatic heterocycles. The van der Waals surface area contributed by atoms with Gasteiger partial charge < -0.3 is 7.65 Å². The molecule has 12 heteroatoms. The minimum Gasteiger partial charge on any atom is -1.00 e. The van der Waals surface area contributed by atoms with Crippen LogP contribution in [0, 0.1) is 0 Å². The van der Waals surface area contributed by atoms with Crippen LogP contribution in [0.2, 0.25) is 0 Å². The van der Waals surface area contributed by atoms with E-state index in [2.05, 4.69) is 0 Å². The van der Waals surface area contributed by atoms with Gasteiger partial charge in [0.1, 0.15) is 6.79 Å². The minimum atomic E-state index is -4.67. The van der Waals surface area contributed by atoms with Gasteiger partial charge in [-0.15, -0.1) is 0 Å². The average Bonchev–Trinajstić information content (AvgIpc) is 1.59. The Kier molecular flexibility index (Phi) is 19.4. The van der Waals surface area contributed by atoms with Crippen molar-refractivity contribution in [1.29, 1.82) is 0 Å². The van der Waals surface area contributed by atoms with Crippen molar-refractivity contribution in [3.8, 4) is 0 Å². The Morgan fingerprint density at radius 3 is 0.769 bits per heavy atom. The van der Waals surface area contributed by atoms with Gasteiger partial charge in [-0.1, -0.05) is 0 Å². The quantitative estimate of drug-likeness (QED) is 0.297. The van der Waals surface area contributed by atoms with E-state index in [-0.39, 0.29) is 40.6 Å². The molecule has 9 nitrogen and oxygen atoms in total. The first kappa shape index (κ1) is 23.5. The summed E-state index contributed by atoms with van der Waals surface area (Å²) < 4.78 is 63.2. The summed E-state index contributed by atoms with van der Waals surface area (Å²) in [5, 5.41) is 0. The van der Waals surface area contributed by atoms with Gasteiger partial charge in [0.05, 0.1) is 0 Å². The van der Waals surface area contributed by atoms with Crippen molar-refractivity contribution in [2.45, 2.75) is 0 Å². The summed E-state index contributed by atoms with van der Waals surface area (Å²) in [6.45, 7) is 2.00. The van der Waals surface area contributed by atoms with E-state index in [1.54, 1.807) is 0 Å². The molecule has 0 saturated carbocycles. The smallest absolute Gasteiger partial charge is 1.00 e. The Balaban J connectivity index is -0.0000000197. The van der Waals surface area contributed by atoms with Gasteiger partial charge in [-0.05, 0) is 0 Å². The molecule has 4 N–H and O–H groups in total. The summed E-state index contributed by atoms with van der Waals surface area (Å²) in [4.78, 5) is 8.00. The van der Waals surface area contributed by atoms with Crippen molar-refractivity contribution >= 4 is 65.3 Å². The van der Waals surface area contributed by atoms with Crippen LogP contribution in [0.25, 0.3) is 0 Å². The zero-order chi connectivity index (χ0) is 11.0. The van der Waals surface area contributed by atoms with Crippen molar-refractivity contribution in [2.75, 3.05) is 0 Å². The zero-order valence-corrected chi connectivity index (χ0v) is 9.90. The zero-order valence-electron chi connectivity index (χ0n) is 8.06. The third kappa shape index (κ3) is 3220. The van der Waals surface area contributed by atoms with Crippen LogP contribution in [0.4, 0.5) is 0 Å². The maximum absolute atomic E-state index is 8.74. The van der Waals surface area contributed by atoms with Crippen LogP contribution in [0.3, 0.4) is 0 Å². The molecule has 0 aromatic carbocycles. The Hall–Kier alpha value is 0.670. The molecule has 0 bridgehead atoms. The van der Waals surface area contributed by atoms with E-state index in [1.807, 2.05) is 6.79 Å². The predicted octanol–water partition coefficient (Wildman–Crippen LogP) is -1.65. The third-order valence-electron chi connectivity index (χ3n) is 0. The average molecular weight is 268 g/mol. The second-order valence-corrected chi connectivity index (χ2v) is 2.69. The fraction of sp³-hybridized carbons (Fsp3) is 0. The van der Waals surface area contributed by atoms with E-state index in [9.17, 15) is 0 Å². The molecule has 0 aromatic rings. The maximum atomic E-state index is 8.74. The van der Waals surface area contributed by atoms with Crippen molar-refractivity contribution in [3.05, 3.63) is 0 Å². The molecule has 0 fully saturated rings. The first-order valence-corrected chi connectivity index (χ1v) is 4.48. The second kappa shape index (κ2) is 10.7. The Morgan fingerprint density at radius 1 is 0.769 bits per heavy atom. The largest absolute Gasteiger partial charge is 2.00 e. The van der Waals surface area contributed by atoms with E-state index < -0.39 is 20.8 Å². The van der Waals surface area contributed by atoms with Gasteiger partial charge in [0.2, 0.25) is 0 Å². The molecule has 0 rings (SSSR count). The normalized spacial score (nSPS) is 9.23. The van der Waals surface area contributed by atoms with E-state index >= 15 is 0 Å². The van der Waals surface area contributed by atoms with Crippen LogP contribution in [0.15, 0.2) is 0 Å². The summed E-state index contributed by atoms with van der Waals surface area (Å²) in [6, 6.07) is 0. The number of hydrogen-bond acceptors (Lipinski definition) is 5. The van der Waals surface area contributed by atoms with E-state index in [4.69, 9.17) is 39.8 Å². The molecular weight excluding hydrogens is 260 g/mol. The minimum absolute atomic E-state index is 0. The van der Waals surface area contributed by atoms with Gasteiger partial charge in [-0.3, -0.25) is 18.2 Å². The second-order valence-electron chi connectivity index (χ2n) is 0.896. The molecule has 80 valence electrons. The summed E-state index contributed by atoms with van der Waals surface area (Å²) >= 11 is 0. The molecule has 13 heavy (non-hydrogen) atoms. The van der Waals surface area contributed by atoms with Crippen LogP contribution < -0.4 is 0 Å².